The van der Waals surface area contributed by atoms with Gasteiger partial charge >= 0.3 is 11.7 Å². The number of carbonyl (C=O) groups excluding carboxylic acids is 2. The quantitative estimate of drug-likeness (QED) is 0.665. The largest absolute Gasteiger partial charge is 0.332 e. The molecule has 0 aliphatic heterocycles. The van der Waals surface area contributed by atoms with E-state index in [1.165, 1.54) is 47.8 Å². The van der Waals surface area contributed by atoms with Crippen molar-refractivity contribution in [1.82, 2.24) is 24.0 Å². The number of aromatic nitrogens is 4. The van der Waals surface area contributed by atoms with Crippen molar-refractivity contribution in [3.05, 3.63) is 57.2 Å². The Balaban J connectivity index is 1.79. The van der Waals surface area contributed by atoms with Gasteiger partial charge in [-0.05, 0) is 12.1 Å². The maximum absolute atomic E-state index is 13.5. The zero-order valence-electron chi connectivity index (χ0n) is 14.4. The maximum Gasteiger partial charge on any atom is 0.332 e. The molecule has 3 amide bonds. The number of nitrogens with zero attached hydrogens (tertiary/aromatic N) is 4. The van der Waals surface area contributed by atoms with E-state index >= 15 is 0 Å². The van der Waals surface area contributed by atoms with Crippen LogP contribution in [-0.2, 0) is 25.4 Å². The molecule has 0 aliphatic carbocycles. The third-order valence-corrected chi connectivity index (χ3v) is 3.91. The Morgan fingerprint density at radius 3 is 2.56 bits per heavy atom. The lowest BCUT2D eigenvalue weighted by atomic mass is 10.3. The number of hydrogen-bond donors (Lipinski definition) is 2. The molecule has 0 atom stereocenters. The van der Waals surface area contributed by atoms with Crippen molar-refractivity contribution in [2.24, 2.45) is 14.1 Å². The summed E-state index contributed by atoms with van der Waals surface area (Å²) < 4.78 is 16.8. The highest BCUT2D eigenvalue weighted by molar-refractivity contribution is 6.01. The van der Waals surface area contributed by atoms with E-state index in [0.29, 0.717) is 0 Å². The fourth-order valence-electron chi connectivity index (χ4n) is 2.55. The van der Waals surface area contributed by atoms with Crippen LogP contribution in [0.4, 0.5) is 14.9 Å². The van der Waals surface area contributed by atoms with Crippen molar-refractivity contribution in [1.29, 1.82) is 0 Å². The summed E-state index contributed by atoms with van der Waals surface area (Å²) >= 11 is 0. The fourth-order valence-corrected chi connectivity index (χ4v) is 2.55. The third kappa shape index (κ3) is 3.34. The van der Waals surface area contributed by atoms with E-state index < -0.39 is 35.5 Å². The molecule has 11 heteroatoms. The van der Waals surface area contributed by atoms with Gasteiger partial charge in [0, 0.05) is 14.1 Å². The zero-order chi connectivity index (χ0) is 19.7. The first-order valence-corrected chi connectivity index (χ1v) is 7.76. The van der Waals surface area contributed by atoms with Crippen LogP contribution in [0.3, 0.4) is 0 Å². The molecular weight excluding hydrogens is 359 g/mol. The number of hydrogen-bond acceptors (Lipinski definition) is 5. The zero-order valence-corrected chi connectivity index (χ0v) is 14.4. The van der Waals surface area contributed by atoms with Gasteiger partial charge < -0.3 is 9.88 Å². The van der Waals surface area contributed by atoms with Crippen molar-refractivity contribution < 1.29 is 14.0 Å². The molecule has 2 heterocycles. The number of imide groups is 1. The SMILES string of the molecule is Cn1c(=O)c2c(ncn2CC(=O)NC(=O)Nc2ccccc2F)n(C)c1=O. The summed E-state index contributed by atoms with van der Waals surface area (Å²) in [5.74, 6) is -1.40. The smallest absolute Gasteiger partial charge is 0.315 e. The molecule has 3 aromatic rings. The molecule has 0 saturated heterocycles. The first-order valence-electron chi connectivity index (χ1n) is 7.76. The minimum Gasteiger partial charge on any atom is -0.315 e. The van der Waals surface area contributed by atoms with E-state index in [9.17, 15) is 23.6 Å². The molecule has 0 unspecified atom stereocenters. The van der Waals surface area contributed by atoms with Gasteiger partial charge in [0.05, 0.1) is 12.0 Å². The van der Waals surface area contributed by atoms with E-state index in [-0.39, 0.29) is 16.9 Å². The topological polar surface area (TPSA) is 120 Å². The number of halogens is 1. The van der Waals surface area contributed by atoms with Crippen LogP contribution in [-0.4, -0.2) is 30.6 Å². The van der Waals surface area contributed by atoms with Crippen molar-refractivity contribution in [3.63, 3.8) is 0 Å². The molecule has 140 valence electrons. The predicted octanol–water partition coefficient (Wildman–Crippen LogP) is -0.0789. The van der Waals surface area contributed by atoms with E-state index in [0.717, 1.165) is 10.6 Å². The number of rotatable bonds is 3. The fraction of sp³-hybridized carbons (Fsp3) is 0.188. The van der Waals surface area contributed by atoms with Crippen molar-refractivity contribution in [2.45, 2.75) is 6.54 Å². The molecule has 0 saturated carbocycles. The first-order chi connectivity index (χ1) is 12.8. The number of fused-ring (bicyclic) bond motifs is 1. The second-order valence-electron chi connectivity index (χ2n) is 5.73. The van der Waals surface area contributed by atoms with Gasteiger partial charge in [-0.3, -0.25) is 24.0 Å². The van der Waals surface area contributed by atoms with Crippen LogP contribution in [0.2, 0.25) is 0 Å². The minimum absolute atomic E-state index is 0.0456. The Kier molecular flexibility index (Phi) is 4.59. The molecule has 0 bridgehead atoms. The molecule has 2 aromatic heterocycles. The maximum atomic E-state index is 13.5. The summed E-state index contributed by atoms with van der Waals surface area (Å²) in [4.78, 5) is 52.1. The van der Waals surface area contributed by atoms with E-state index in [4.69, 9.17) is 0 Å². The van der Waals surface area contributed by atoms with Crippen LogP contribution < -0.4 is 21.9 Å². The number of para-hydroxylation sites is 1. The Bertz CT molecular complexity index is 1180. The molecule has 0 radical (unpaired) electrons. The van der Waals surface area contributed by atoms with Crippen molar-refractivity contribution >= 4 is 28.8 Å². The van der Waals surface area contributed by atoms with Crippen LogP contribution in [0.25, 0.3) is 11.2 Å². The van der Waals surface area contributed by atoms with Crippen LogP contribution in [0.1, 0.15) is 0 Å². The number of carbonyl (C=O) groups is 2. The Labute approximate surface area is 150 Å². The number of amides is 3. The van der Waals surface area contributed by atoms with Gasteiger partial charge in [-0.15, -0.1) is 0 Å². The van der Waals surface area contributed by atoms with E-state index in [2.05, 4.69) is 10.3 Å². The molecule has 0 spiro atoms. The van der Waals surface area contributed by atoms with Gasteiger partial charge in [0.15, 0.2) is 11.2 Å². The molecule has 3 rings (SSSR count). The lowest BCUT2D eigenvalue weighted by Gasteiger charge is -2.09. The van der Waals surface area contributed by atoms with Gasteiger partial charge in [-0.2, -0.15) is 0 Å². The molecule has 2 N–H and O–H groups in total. The van der Waals surface area contributed by atoms with Gasteiger partial charge in [0.25, 0.3) is 5.56 Å². The number of aryl methyl sites for hydroxylation is 1. The number of anilines is 1. The standard InChI is InChI=1S/C16H15FN6O4/c1-21-13-12(14(25)22(2)16(21)27)23(8-18-13)7-11(24)20-15(26)19-10-6-4-3-5-9(10)17/h3-6,8H,7H2,1-2H3,(H2,19,20,24,26). The Morgan fingerprint density at radius 1 is 1.15 bits per heavy atom. The van der Waals surface area contributed by atoms with Gasteiger partial charge in [0.1, 0.15) is 12.4 Å². The summed E-state index contributed by atoms with van der Waals surface area (Å²) in [6, 6.07) is 4.57. The van der Waals surface area contributed by atoms with E-state index in [1.54, 1.807) is 0 Å². The van der Waals surface area contributed by atoms with Gasteiger partial charge in [-0.1, -0.05) is 12.1 Å². The third-order valence-electron chi connectivity index (χ3n) is 3.91. The van der Waals surface area contributed by atoms with Crippen LogP contribution >= 0.6 is 0 Å². The number of nitrogens with one attached hydrogen (secondary N) is 2. The van der Waals surface area contributed by atoms with Crippen LogP contribution in [0, 0.1) is 5.82 Å². The molecule has 0 aliphatic rings. The molecule has 27 heavy (non-hydrogen) atoms. The summed E-state index contributed by atoms with van der Waals surface area (Å²) in [6.45, 7) is -0.394. The van der Waals surface area contributed by atoms with Gasteiger partial charge in [0.2, 0.25) is 5.91 Å². The second kappa shape index (κ2) is 6.86. The number of imidazole rings is 1. The average molecular weight is 374 g/mol. The number of benzene rings is 1. The van der Waals surface area contributed by atoms with Crippen molar-refractivity contribution in [3.8, 4) is 0 Å². The highest BCUT2D eigenvalue weighted by Gasteiger charge is 2.17. The minimum atomic E-state index is -0.921. The number of urea groups is 1. The van der Waals surface area contributed by atoms with Crippen molar-refractivity contribution in [2.75, 3.05) is 5.32 Å². The highest BCUT2D eigenvalue weighted by Crippen LogP contribution is 2.11. The Hall–Kier alpha value is -3.76. The first kappa shape index (κ1) is 18.0. The van der Waals surface area contributed by atoms with E-state index in [1.807, 2.05) is 5.32 Å². The lowest BCUT2D eigenvalue weighted by Crippen LogP contribution is -2.39. The average Bonchev–Trinajstić information content (AvgIpc) is 3.03. The molecule has 0 fully saturated rings. The second-order valence-corrected chi connectivity index (χ2v) is 5.73. The van der Waals surface area contributed by atoms with Crippen LogP contribution in [0.5, 0.6) is 0 Å². The van der Waals surface area contributed by atoms with Gasteiger partial charge in [-0.25, -0.2) is 19.0 Å². The highest BCUT2D eigenvalue weighted by atomic mass is 19.1. The predicted molar refractivity (Wildman–Crippen MR) is 93.8 cm³/mol. The summed E-state index contributed by atoms with van der Waals surface area (Å²) in [5, 5.41) is 4.25. The molecule has 10 nitrogen and oxygen atoms in total. The summed E-state index contributed by atoms with van der Waals surface area (Å²) in [7, 11) is 2.76. The molecule has 1 aromatic carbocycles. The lowest BCUT2D eigenvalue weighted by molar-refractivity contribution is -0.120. The normalized spacial score (nSPS) is 10.8. The molecular formula is C16H15FN6O4. The summed E-state index contributed by atoms with van der Waals surface area (Å²) in [6.07, 6.45) is 1.22. The summed E-state index contributed by atoms with van der Waals surface area (Å²) in [5.41, 5.74) is -1.09. The Morgan fingerprint density at radius 2 is 1.85 bits per heavy atom. The monoisotopic (exact) mass is 374 g/mol. The van der Waals surface area contributed by atoms with Crippen LogP contribution in [0.15, 0.2) is 40.2 Å².